The molecule has 0 aliphatic heterocycles. The van der Waals surface area contributed by atoms with E-state index in [1.165, 1.54) is 0 Å². The Morgan fingerprint density at radius 2 is 1.81 bits per heavy atom. The standard InChI is InChI=1S/C29H36N4O3Si/c1-21-27(33-17-11-15-26(28(33)31-21)35-20-24-14-10-16-30-32-24)25(34)18-23(22-12-8-7-9-13-22)19-36-37(5,6)29(2,3)4/h7-17,23H,18-20H2,1-6H3/t23-/m0/s1. The van der Waals surface area contributed by atoms with Crippen LogP contribution in [0.4, 0.5) is 0 Å². The van der Waals surface area contributed by atoms with Crippen molar-refractivity contribution in [2.75, 3.05) is 6.61 Å². The molecule has 4 aromatic rings. The van der Waals surface area contributed by atoms with E-state index in [1.807, 2.05) is 60.0 Å². The smallest absolute Gasteiger partial charge is 0.192 e. The van der Waals surface area contributed by atoms with E-state index in [9.17, 15) is 4.79 Å². The summed E-state index contributed by atoms with van der Waals surface area (Å²) in [6.45, 7) is 13.8. The number of fused-ring (bicyclic) bond motifs is 1. The molecule has 0 saturated carbocycles. The highest BCUT2D eigenvalue weighted by Crippen LogP contribution is 2.38. The first-order chi connectivity index (χ1) is 17.6. The molecule has 0 aliphatic carbocycles. The van der Waals surface area contributed by atoms with Crippen LogP contribution in [0.2, 0.25) is 18.1 Å². The molecule has 0 N–H and O–H groups in total. The van der Waals surface area contributed by atoms with Gasteiger partial charge in [0, 0.05) is 31.3 Å². The zero-order valence-electron chi connectivity index (χ0n) is 22.6. The summed E-state index contributed by atoms with van der Waals surface area (Å²) < 4.78 is 14.4. The minimum Gasteiger partial charge on any atom is -0.483 e. The van der Waals surface area contributed by atoms with Crippen LogP contribution in [0.3, 0.4) is 0 Å². The highest BCUT2D eigenvalue weighted by atomic mass is 28.4. The van der Waals surface area contributed by atoms with Crippen LogP contribution in [-0.4, -0.2) is 40.3 Å². The molecule has 37 heavy (non-hydrogen) atoms. The van der Waals surface area contributed by atoms with Gasteiger partial charge in [-0.25, -0.2) is 4.98 Å². The first-order valence-corrected chi connectivity index (χ1v) is 15.6. The van der Waals surface area contributed by atoms with Gasteiger partial charge in [0.25, 0.3) is 0 Å². The largest absolute Gasteiger partial charge is 0.483 e. The summed E-state index contributed by atoms with van der Waals surface area (Å²) in [5, 5.41) is 8.06. The third-order valence-corrected chi connectivity index (χ3v) is 11.7. The zero-order valence-corrected chi connectivity index (χ0v) is 23.6. The molecule has 7 nitrogen and oxygen atoms in total. The minimum absolute atomic E-state index is 0.0313. The highest BCUT2D eigenvalue weighted by Gasteiger charge is 2.38. The molecule has 194 valence electrons. The fraction of sp³-hybridized carbons (Fsp3) is 0.379. The lowest BCUT2D eigenvalue weighted by atomic mass is 9.93. The van der Waals surface area contributed by atoms with Gasteiger partial charge in [0.2, 0.25) is 0 Å². The van der Waals surface area contributed by atoms with Crippen LogP contribution in [-0.2, 0) is 11.0 Å². The number of ether oxygens (including phenoxy) is 1. The van der Waals surface area contributed by atoms with E-state index in [4.69, 9.17) is 14.1 Å². The molecule has 1 aromatic carbocycles. The molecule has 4 rings (SSSR count). The number of hydrogen-bond acceptors (Lipinski definition) is 6. The molecule has 0 amide bonds. The number of nitrogens with zero attached hydrogens (tertiary/aromatic N) is 4. The number of ketones is 1. The molecular formula is C29H36N4O3Si. The van der Waals surface area contributed by atoms with Gasteiger partial charge in [-0.2, -0.15) is 10.2 Å². The summed E-state index contributed by atoms with van der Waals surface area (Å²) in [6.07, 6.45) is 3.82. The van der Waals surface area contributed by atoms with Crippen molar-refractivity contribution in [2.24, 2.45) is 0 Å². The number of carbonyl (C=O) groups excluding carboxylic acids is 1. The lowest BCUT2D eigenvalue weighted by Crippen LogP contribution is -2.41. The Hall–Kier alpha value is -3.36. The Morgan fingerprint density at radius 3 is 2.49 bits per heavy atom. The van der Waals surface area contributed by atoms with Crippen LogP contribution in [0.25, 0.3) is 5.65 Å². The predicted octanol–water partition coefficient (Wildman–Crippen LogP) is 6.39. The third-order valence-electron chi connectivity index (χ3n) is 7.21. The first kappa shape index (κ1) is 26.7. The molecule has 0 radical (unpaired) electrons. The topological polar surface area (TPSA) is 78.6 Å². The molecule has 3 heterocycles. The Bertz CT molecular complexity index is 1350. The normalized spacial score (nSPS) is 13.0. The SMILES string of the molecule is Cc1nc2c(OCc3cccnn3)cccn2c1C(=O)C[C@@H](CO[Si](C)(C)C(C)(C)C)c1ccccc1. The average Bonchev–Trinajstić information content (AvgIpc) is 3.22. The van der Waals surface area contributed by atoms with Crippen molar-refractivity contribution in [1.82, 2.24) is 19.6 Å². The van der Waals surface area contributed by atoms with E-state index in [2.05, 4.69) is 56.2 Å². The van der Waals surface area contributed by atoms with Gasteiger partial charge in [-0.05, 0) is 54.9 Å². The summed E-state index contributed by atoms with van der Waals surface area (Å²) in [5.74, 6) is 0.573. The second kappa shape index (κ2) is 10.9. The second-order valence-corrected chi connectivity index (χ2v) is 15.7. The van der Waals surface area contributed by atoms with Crippen molar-refractivity contribution < 1.29 is 14.0 Å². The van der Waals surface area contributed by atoms with Gasteiger partial charge in [-0.3, -0.25) is 9.20 Å². The maximum atomic E-state index is 13.8. The summed E-state index contributed by atoms with van der Waals surface area (Å²) in [4.78, 5) is 18.5. The molecule has 1 atom stereocenters. The number of Topliss-reactive ketones (excluding diaryl/α,β-unsaturated/α-hetero) is 1. The van der Waals surface area contributed by atoms with Crippen molar-refractivity contribution >= 4 is 19.7 Å². The average molecular weight is 517 g/mol. The van der Waals surface area contributed by atoms with E-state index in [-0.39, 0.29) is 23.3 Å². The van der Waals surface area contributed by atoms with Crippen molar-refractivity contribution in [3.05, 3.63) is 89.6 Å². The Balaban J connectivity index is 1.59. The predicted molar refractivity (Wildman–Crippen MR) is 148 cm³/mol. The van der Waals surface area contributed by atoms with Gasteiger partial charge < -0.3 is 9.16 Å². The number of aromatic nitrogens is 4. The van der Waals surface area contributed by atoms with Gasteiger partial charge in [0.1, 0.15) is 18.0 Å². The van der Waals surface area contributed by atoms with Gasteiger partial charge in [-0.1, -0.05) is 51.1 Å². The van der Waals surface area contributed by atoms with Crippen LogP contribution in [0.5, 0.6) is 5.75 Å². The van der Waals surface area contributed by atoms with Crippen molar-refractivity contribution in [2.45, 2.75) is 64.8 Å². The summed E-state index contributed by atoms with van der Waals surface area (Å²) in [7, 11) is -1.97. The molecule has 0 spiro atoms. The third kappa shape index (κ3) is 6.14. The lowest BCUT2D eigenvalue weighted by molar-refractivity contribution is 0.0955. The Morgan fingerprint density at radius 1 is 1.05 bits per heavy atom. The first-order valence-electron chi connectivity index (χ1n) is 12.7. The van der Waals surface area contributed by atoms with Crippen LogP contribution in [0.1, 0.15) is 60.5 Å². The van der Waals surface area contributed by atoms with E-state index >= 15 is 0 Å². The van der Waals surface area contributed by atoms with Crippen LogP contribution < -0.4 is 4.74 Å². The van der Waals surface area contributed by atoms with E-state index < -0.39 is 8.32 Å². The summed E-state index contributed by atoms with van der Waals surface area (Å²) >= 11 is 0. The van der Waals surface area contributed by atoms with Crippen molar-refractivity contribution in [3.63, 3.8) is 0 Å². The second-order valence-electron chi connectivity index (χ2n) is 10.9. The Labute approximate surface area is 220 Å². The number of hydrogen-bond donors (Lipinski definition) is 0. The maximum absolute atomic E-state index is 13.8. The van der Waals surface area contributed by atoms with Gasteiger partial charge in [0.15, 0.2) is 25.5 Å². The maximum Gasteiger partial charge on any atom is 0.192 e. The lowest BCUT2D eigenvalue weighted by Gasteiger charge is -2.37. The number of rotatable bonds is 10. The minimum atomic E-state index is -1.97. The summed E-state index contributed by atoms with van der Waals surface area (Å²) in [6, 6.07) is 17.6. The van der Waals surface area contributed by atoms with Gasteiger partial charge >= 0.3 is 0 Å². The number of aryl methyl sites for hydroxylation is 1. The van der Waals surface area contributed by atoms with E-state index in [0.717, 1.165) is 11.3 Å². The molecule has 0 fully saturated rings. The Kier molecular flexibility index (Phi) is 7.89. The molecular weight excluding hydrogens is 480 g/mol. The van der Waals surface area contributed by atoms with Crippen molar-refractivity contribution in [3.8, 4) is 5.75 Å². The zero-order chi connectivity index (χ0) is 26.6. The monoisotopic (exact) mass is 516 g/mol. The highest BCUT2D eigenvalue weighted by molar-refractivity contribution is 6.74. The fourth-order valence-electron chi connectivity index (χ4n) is 4.01. The van der Waals surface area contributed by atoms with Gasteiger partial charge in [0.05, 0.1) is 5.69 Å². The quantitative estimate of drug-likeness (QED) is 0.179. The molecule has 0 saturated heterocycles. The number of carbonyl (C=O) groups is 1. The number of pyridine rings is 1. The van der Waals surface area contributed by atoms with Crippen LogP contribution in [0, 0.1) is 6.92 Å². The molecule has 8 heteroatoms. The van der Waals surface area contributed by atoms with E-state index in [0.29, 0.717) is 35.8 Å². The van der Waals surface area contributed by atoms with Crippen molar-refractivity contribution in [1.29, 1.82) is 0 Å². The van der Waals surface area contributed by atoms with Crippen LogP contribution in [0.15, 0.2) is 67.0 Å². The van der Waals surface area contributed by atoms with Crippen LogP contribution >= 0.6 is 0 Å². The number of benzene rings is 1. The fourth-order valence-corrected chi connectivity index (χ4v) is 5.06. The molecule has 0 aliphatic rings. The van der Waals surface area contributed by atoms with E-state index in [1.54, 1.807) is 6.20 Å². The van der Waals surface area contributed by atoms with Gasteiger partial charge in [-0.15, -0.1) is 0 Å². The molecule has 0 bridgehead atoms. The molecule has 0 unspecified atom stereocenters. The molecule has 3 aromatic heterocycles. The summed E-state index contributed by atoms with van der Waals surface area (Å²) in [5.41, 5.74) is 3.69. The number of imidazole rings is 1.